The molecule has 1 N–H and O–H groups in total. The average Bonchev–Trinajstić information content (AvgIpc) is 2.79. The van der Waals surface area contributed by atoms with Gasteiger partial charge >= 0.3 is 0 Å². The minimum atomic E-state index is -0.625. The van der Waals surface area contributed by atoms with Gasteiger partial charge in [-0.3, -0.25) is 0 Å². The van der Waals surface area contributed by atoms with E-state index >= 15 is 0 Å². The molecule has 0 unspecified atom stereocenters. The molecule has 0 aliphatic rings. The fourth-order valence-corrected chi connectivity index (χ4v) is 2.33. The topological polar surface area (TPSA) is 154 Å². The van der Waals surface area contributed by atoms with Crippen molar-refractivity contribution in [2.75, 3.05) is 14.1 Å². The second kappa shape index (κ2) is 11.7. The van der Waals surface area contributed by atoms with Crippen LogP contribution in [0.1, 0.15) is 0 Å². The number of halogens is 1. The van der Waals surface area contributed by atoms with Crippen LogP contribution in [0.15, 0.2) is 66.2 Å². The SMILES string of the molecule is CN[N+](=O)[O-].C[N+]([O-])=NOc1cnnc2ccccc12.Clc1cnnc2ccccc12. The van der Waals surface area contributed by atoms with E-state index in [1.54, 1.807) is 17.7 Å². The molecule has 0 radical (unpaired) electrons. The first-order valence-electron chi connectivity index (χ1n) is 8.59. The molecule has 0 saturated heterocycles. The Kier molecular flexibility index (Phi) is 8.73. The first kappa shape index (κ1) is 23.1. The van der Waals surface area contributed by atoms with Gasteiger partial charge in [-0.15, -0.1) is 5.43 Å². The molecular weight excluding hydrogens is 428 g/mol. The Morgan fingerprint density at radius 3 is 2.03 bits per heavy atom. The van der Waals surface area contributed by atoms with Crippen LogP contribution >= 0.6 is 11.6 Å². The minimum Gasteiger partial charge on any atom is -0.598 e. The summed E-state index contributed by atoms with van der Waals surface area (Å²) in [7, 11) is 2.48. The molecule has 0 aliphatic heterocycles. The number of hydroxylamine groups is 1. The monoisotopic (exact) mass is 444 g/mol. The second-order valence-corrected chi connectivity index (χ2v) is 5.96. The lowest BCUT2D eigenvalue weighted by atomic mass is 10.2. The standard InChI is InChI=1S/C9H8N4O2.C8H5ClN2.CH4N2O2/c1-13(14)12-15-9-6-10-11-8-5-3-2-4-7(8)9;9-7-5-10-11-8-4-2-1-3-6(7)8;1-2-3(4)5/h2-6H,1H3;1-5H;2H,1H3. The summed E-state index contributed by atoms with van der Waals surface area (Å²) in [6, 6.07) is 15.0. The molecule has 2 aromatic heterocycles. The molecule has 0 saturated carbocycles. The zero-order valence-electron chi connectivity index (χ0n) is 16.4. The zero-order valence-corrected chi connectivity index (χ0v) is 17.2. The van der Waals surface area contributed by atoms with Crippen LogP contribution in [0.2, 0.25) is 5.02 Å². The van der Waals surface area contributed by atoms with Crippen LogP contribution in [0.3, 0.4) is 0 Å². The number of hydrogen-bond donors (Lipinski definition) is 1. The zero-order chi connectivity index (χ0) is 22.6. The Labute approximate surface area is 180 Å². The number of nitrogens with one attached hydrogen (secondary N) is 1. The van der Waals surface area contributed by atoms with Crippen molar-refractivity contribution in [3.8, 4) is 5.75 Å². The van der Waals surface area contributed by atoms with Gasteiger partial charge in [0, 0.05) is 10.8 Å². The van der Waals surface area contributed by atoms with Crippen LogP contribution in [0.4, 0.5) is 0 Å². The Balaban J connectivity index is 0.000000187. The highest BCUT2D eigenvalue weighted by Gasteiger charge is 2.04. The van der Waals surface area contributed by atoms with E-state index in [1.165, 1.54) is 20.3 Å². The van der Waals surface area contributed by atoms with E-state index in [9.17, 15) is 5.21 Å². The highest BCUT2D eigenvalue weighted by Crippen LogP contribution is 2.22. The third-order valence-corrected chi connectivity index (χ3v) is 3.75. The van der Waals surface area contributed by atoms with E-state index in [0.29, 0.717) is 21.1 Å². The molecule has 12 nitrogen and oxygen atoms in total. The largest absolute Gasteiger partial charge is 0.598 e. The molecule has 4 aromatic rings. The van der Waals surface area contributed by atoms with Gasteiger partial charge in [-0.05, 0) is 18.2 Å². The van der Waals surface area contributed by atoms with Gasteiger partial charge in [0.2, 0.25) is 5.28 Å². The van der Waals surface area contributed by atoms with Gasteiger partial charge in [0.05, 0.1) is 35.5 Å². The summed E-state index contributed by atoms with van der Waals surface area (Å²) in [6.07, 6.45) is 2.96. The van der Waals surface area contributed by atoms with Gasteiger partial charge < -0.3 is 10.0 Å². The van der Waals surface area contributed by atoms with Crippen molar-refractivity contribution in [3.05, 3.63) is 81.3 Å². The summed E-state index contributed by atoms with van der Waals surface area (Å²) in [5.74, 6) is 0.406. The van der Waals surface area contributed by atoms with Crippen LogP contribution in [0.25, 0.3) is 21.8 Å². The predicted molar refractivity (Wildman–Crippen MR) is 113 cm³/mol. The van der Waals surface area contributed by atoms with E-state index in [1.807, 2.05) is 42.5 Å². The molecule has 0 spiro atoms. The van der Waals surface area contributed by atoms with Gasteiger partial charge in [0.15, 0.2) is 17.8 Å². The molecule has 0 fully saturated rings. The van der Waals surface area contributed by atoms with Gasteiger partial charge in [0.25, 0.3) is 0 Å². The van der Waals surface area contributed by atoms with Crippen molar-refractivity contribution < 1.29 is 14.7 Å². The van der Waals surface area contributed by atoms with E-state index in [0.717, 1.165) is 16.3 Å². The van der Waals surface area contributed by atoms with Crippen LogP contribution < -0.4 is 10.3 Å². The maximum absolute atomic E-state index is 10.5. The maximum Gasteiger partial charge on any atom is 0.205 e. The predicted octanol–water partition coefficient (Wildman–Crippen LogP) is 3.20. The number of nitro groups is 1. The molecule has 0 amide bonds. The van der Waals surface area contributed by atoms with Crippen molar-refractivity contribution in [3.63, 3.8) is 0 Å². The first-order valence-corrected chi connectivity index (χ1v) is 8.97. The molecule has 0 atom stereocenters. The first-order chi connectivity index (χ1) is 14.9. The van der Waals surface area contributed by atoms with E-state index in [-0.39, 0.29) is 0 Å². The van der Waals surface area contributed by atoms with Crippen LogP contribution in [-0.4, -0.2) is 44.4 Å². The van der Waals surface area contributed by atoms with Gasteiger partial charge in [-0.2, -0.15) is 20.4 Å². The smallest absolute Gasteiger partial charge is 0.205 e. The average molecular weight is 445 g/mol. The summed E-state index contributed by atoms with van der Waals surface area (Å²) in [6.45, 7) is 0. The number of nitrogens with zero attached hydrogens (tertiary/aromatic N) is 7. The van der Waals surface area contributed by atoms with Gasteiger partial charge in [0.1, 0.15) is 0 Å². The van der Waals surface area contributed by atoms with Gasteiger partial charge in [-0.25, -0.2) is 10.1 Å². The fraction of sp³-hybridized carbons (Fsp3) is 0.111. The molecule has 0 aliphatic carbocycles. The molecule has 13 heteroatoms. The Hall–Kier alpha value is -4.19. The molecule has 160 valence electrons. The lowest BCUT2D eigenvalue weighted by Gasteiger charge is -1.99. The van der Waals surface area contributed by atoms with Crippen LogP contribution in [0.5, 0.6) is 5.75 Å². The van der Waals surface area contributed by atoms with Crippen LogP contribution in [-0.2, 0) is 0 Å². The Morgan fingerprint density at radius 1 is 0.968 bits per heavy atom. The number of benzene rings is 2. The molecular formula is C18H17ClN8O4. The summed E-state index contributed by atoms with van der Waals surface area (Å²) in [5.41, 5.74) is 3.28. The normalized spacial score (nSPS) is 10.4. The Bertz CT molecular complexity index is 1180. The summed E-state index contributed by atoms with van der Waals surface area (Å²) in [4.78, 5) is 14.3. The van der Waals surface area contributed by atoms with Gasteiger partial charge in [-0.1, -0.05) is 46.8 Å². The van der Waals surface area contributed by atoms with E-state index < -0.39 is 5.03 Å². The quantitative estimate of drug-likeness (QED) is 0.217. The minimum absolute atomic E-state index is 0.329. The second-order valence-electron chi connectivity index (χ2n) is 5.55. The van der Waals surface area contributed by atoms with Crippen molar-refractivity contribution in [2.45, 2.75) is 0 Å². The third-order valence-electron chi connectivity index (χ3n) is 3.44. The summed E-state index contributed by atoms with van der Waals surface area (Å²) in [5, 5.41) is 39.9. The lowest BCUT2D eigenvalue weighted by molar-refractivity contribution is -0.538. The number of hydrogen-bond acceptors (Lipinski definition) is 9. The fourth-order valence-electron chi connectivity index (χ4n) is 2.13. The lowest BCUT2D eigenvalue weighted by Crippen LogP contribution is -2.13. The molecule has 31 heavy (non-hydrogen) atoms. The van der Waals surface area contributed by atoms with Crippen molar-refractivity contribution in [2.24, 2.45) is 5.28 Å². The third kappa shape index (κ3) is 7.29. The summed E-state index contributed by atoms with van der Waals surface area (Å²) < 4.78 is 0. The number of hydrazine groups is 1. The molecule has 2 heterocycles. The maximum atomic E-state index is 10.5. The molecule has 0 bridgehead atoms. The highest BCUT2D eigenvalue weighted by molar-refractivity contribution is 6.35. The van der Waals surface area contributed by atoms with E-state index in [2.05, 4.69) is 25.7 Å². The number of fused-ring (bicyclic) bond motifs is 2. The molecule has 2 aromatic carbocycles. The van der Waals surface area contributed by atoms with Crippen molar-refractivity contribution >= 4 is 33.4 Å². The number of rotatable bonds is 3. The van der Waals surface area contributed by atoms with Crippen molar-refractivity contribution in [1.82, 2.24) is 25.8 Å². The highest BCUT2D eigenvalue weighted by atomic mass is 35.5. The Morgan fingerprint density at radius 2 is 1.48 bits per heavy atom. The van der Waals surface area contributed by atoms with Crippen molar-refractivity contribution in [1.29, 1.82) is 0 Å². The molecule has 4 rings (SSSR count). The summed E-state index contributed by atoms with van der Waals surface area (Å²) >= 11 is 5.85. The number of aromatic nitrogens is 4. The van der Waals surface area contributed by atoms with E-state index in [4.69, 9.17) is 26.6 Å². The van der Waals surface area contributed by atoms with Crippen LogP contribution in [0, 0.1) is 15.3 Å².